The van der Waals surface area contributed by atoms with Gasteiger partial charge in [-0.15, -0.1) is 0 Å². The van der Waals surface area contributed by atoms with Crippen molar-refractivity contribution in [3.8, 4) is 5.75 Å². The van der Waals surface area contributed by atoms with Crippen LogP contribution in [0.25, 0.3) is 0 Å². The van der Waals surface area contributed by atoms with Gasteiger partial charge in [0.25, 0.3) is 0 Å². The van der Waals surface area contributed by atoms with Gasteiger partial charge >= 0.3 is 0 Å². The van der Waals surface area contributed by atoms with E-state index in [0.717, 1.165) is 18.4 Å². The van der Waals surface area contributed by atoms with Crippen LogP contribution in [-0.2, 0) is 6.42 Å². The van der Waals surface area contributed by atoms with Gasteiger partial charge in [-0.05, 0) is 24.0 Å². The van der Waals surface area contributed by atoms with Gasteiger partial charge in [-0.25, -0.2) is 4.39 Å². The Morgan fingerprint density at radius 1 is 1.44 bits per heavy atom. The highest BCUT2D eigenvalue weighted by Crippen LogP contribution is 2.32. The van der Waals surface area contributed by atoms with E-state index >= 15 is 0 Å². The molecule has 1 aliphatic rings. The van der Waals surface area contributed by atoms with Gasteiger partial charge in [0.05, 0.1) is 12.7 Å². The van der Waals surface area contributed by atoms with Gasteiger partial charge in [-0.1, -0.05) is 19.4 Å². The lowest BCUT2D eigenvalue weighted by Crippen LogP contribution is -2.21. The third-order valence-electron chi connectivity index (χ3n) is 3.25. The fourth-order valence-electron chi connectivity index (χ4n) is 2.26. The molecule has 1 aromatic carbocycles. The molecule has 86 valence electrons. The summed E-state index contributed by atoms with van der Waals surface area (Å²) in [5.41, 5.74) is 1.06. The zero-order chi connectivity index (χ0) is 11.7. The van der Waals surface area contributed by atoms with Gasteiger partial charge < -0.3 is 4.74 Å². The number of hydrogen-bond donors (Lipinski definition) is 0. The van der Waals surface area contributed by atoms with Crippen LogP contribution in [-0.4, -0.2) is 12.9 Å². The number of Topliss-reactive ketones (excluding diaryl/α,β-unsaturated/α-hetero) is 1. The van der Waals surface area contributed by atoms with Crippen molar-refractivity contribution in [1.82, 2.24) is 0 Å². The number of fused-ring (bicyclic) bond motifs is 1. The van der Waals surface area contributed by atoms with Crippen LogP contribution in [0.15, 0.2) is 12.1 Å². The van der Waals surface area contributed by atoms with Crippen molar-refractivity contribution in [3.05, 3.63) is 29.1 Å². The highest BCUT2D eigenvalue weighted by Gasteiger charge is 2.28. The maximum atomic E-state index is 13.9. The summed E-state index contributed by atoms with van der Waals surface area (Å²) in [5, 5.41) is 0. The van der Waals surface area contributed by atoms with Crippen LogP contribution in [0.3, 0.4) is 0 Å². The van der Waals surface area contributed by atoms with E-state index in [1.165, 1.54) is 7.11 Å². The van der Waals surface area contributed by atoms with Crippen molar-refractivity contribution >= 4 is 5.78 Å². The van der Waals surface area contributed by atoms with Crippen molar-refractivity contribution in [2.75, 3.05) is 7.11 Å². The lowest BCUT2D eigenvalue weighted by molar-refractivity contribution is 0.0942. The molecule has 0 spiro atoms. The molecule has 16 heavy (non-hydrogen) atoms. The van der Waals surface area contributed by atoms with E-state index < -0.39 is 5.82 Å². The summed E-state index contributed by atoms with van der Waals surface area (Å²) in [4.78, 5) is 11.8. The summed E-state index contributed by atoms with van der Waals surface area (Å²) in [6.07, 6.45) is 2.20. The molecular weight excluding hydrogens is 207 g/mol. The Morgan fingerprint density at radius 2 is 2.19 bits per heavy atom. The first-order chi connectivity index (χ1) is 7.67. The molecule has 2 nitrogen and oxygen atoms in total. The van der Waals surface area contributed by atoms with E-state index in [1.54, 1.807) is 12.1 Å². The Morgan fingerprint density at radius 3 is 2.81 bits per heavy atom. The SMILES string of the molecule is CCC1CC(=O)c2c(ccc(OC)c2F)C1. The Bertz CT molecular complexity index is 426. The van der Waals surface area contributed by atoms with Crippen LogP contribution in [0.1, 0.15) is 35.7 Å². The van der Waals surface area contributed by atoms with Gasteiger partial charge in [-0.3, -0.25) is 4.79 Å². The summed E-state index contributed by atoms with van der Waals surface area (Å²) in [7, 11) is 1.41. The highest BCUT2D eigenvalue weighted by molar-refractivity contribution is 5.99. The van der Waals surface area contributed by atoms with E-state index in [1.807, 2.05) is 0 Å². The Kier molecular flexibility index (Phi) is 2.95. The van der Waals surface area contributed by atoms with Crippen LogP contribution >= 0.6 is 0 Å². The second kappa shape index (κ2) is 4.24. The number of ketones is 1. The third-order valence-corrected chi connectivity index (χ3v) is 3.25. The van der Waals surface area contributed by atoms with Gasteiger partial charge in [0, 0.05) is 6.42 Å². The Balaban J connectivity index is 2.48. The van der Waals surface area contributed by atoms with Gasteiger partial charge in [0.15, 0.2) is 17.3 Å². The molecule has 0 N–H and O–H groups in total. The largest absolute Gasteiger partial charge is 0.494 e. The number of ether oxygens (including phenoxy) is 1. The summed E-state index contributed by atoms with van der Waals surface area (Å²) < 4.78 is 18.8. The van der Waals surface area contributed by atoms with Crippen LogP contribution in [0, 0.1) is 11.7 Å². The van der Waals surface area contributed by atoms with E-state index in [0.29, 0.717) is 12.3 Å². The van der Waals surface area contributed by atoms with E-state index in [-0.39, 0.29) is 17.1 Å². The first kappa shape index (κ1) is 11.1. The number of methoxy groups -OCH3 is 1. The summed E-state index contributed by atoms with van der Waals surface area (Å²) in [6, 6.07) is 3.40. The molecule has 0 saturated heterocycles. The minimum absolute atomic E-state index is 0.0931. The topological polar surface area (TPSA) is 26.3 Å². The monoisotopic (exact) mass is 222 g/mol. The summed E-state index contributed by atoms with van der Waals surface area (Å²) >= 11 is 0. The molecule has 0 aliphatic heterocycles. The average molecular weight is 222 g/mol. The summed E-state index contributed by atoms with van der Waals surface area (Å²) in [6.45, 7) is 2.06. The quantitative estimate of drug-likeness (QED) is 0.769. The lowest BCUT2D eigenvalue weighted by Gasteiger charge is -2.23. The average Bonchev–Trinajstić information content (AvgIpc) is 2.28. The number of carbonyl (C=O) groups is 1. The Labute approximate surface area is 94.4 Å². The van der Waals surface area contributed by atoms with Crippen LogP contribution < -0.4 is 4.74 Å². The van der Waals surface area contributed by atoms with E-state index in [4.69, 9.17) is 4.74 Å². The summed E-state index contributed by atoms with van der Waals surface area (Å²) in [5.74, 6) is -0.0844. The first-order valence-electron chi connectivity index (χ1n) is 5.56. The predicted octanol–water partition coefficient (Wildman–Crippen LogP) is 2.99. The van der Waals surface area contributed by atoms with Gasteiger partial charge in [0.2, 0.25) is 0 Å². The highest BCUT2D eigenvalue weighted by atomic mass is 19.1. The number of halogens is 1. The molecule has 0 saturated carbocycles. The van der Waals surface area contributed by atoms with Crippen LogP contribution in [0.4, 0.5) is 4.39 Å². The fourth-order valence-corrected chi connectivity index (χ4v) is 2.26. The van der Waals surface area contributed by atoms with Crippen molar-refractivity contribution < 1.29 is 13.9 Å². The molecule has 1 unspecified atom stereocenters. The predicted molar refractivity (Wildman–Crippen MR) is 59.4 cm³/mol. The van der Waals surface area contributed by atoms with Gasteiger partial charge in [-0.2, -0.15) is 0 Å². The van der Waals surface area contributed by atoms with Crippen LogP contribution in [0.2, 0.25) is 0 Å². The maximum Gasteiger partial charge on any atom is 0.176 e. The van der Waals surface area contributed by atoms with Crippen molar-refractivity contribution in [3.63, 3.8) is 0 Å². The molecule has 0 radical (unpaired) electrons. The fraction of sp³-hybridized carbons (Fsp3) is 0.462. The lowest BCUT2D eigenvalue weighted by atomic mass is 9.81. The van der Waals surface area contributed by atoms with Crippen molar-refractivity contribution in [1.29, 1.82) is 0 Å². The van der Waals surface area contributed by atoms with Crippen molar-refractivity contribution in [2.45, 2.75) is 26.2 Å². The molecule has 0 amide bonds. The van der Waals surface area contributed by atoms with Crippen LogP contribution in [0.5, 0.6) is 5.75 Å². The molecule has 0 fully saturated rings. The minimum Gasteiger partial charge on any atom is -0.494 e. The molecule has 3 heteroatoms. The molecule has 1 aromatic rings. The second-order valence-corrected chi connectivity index (χ2v) is 4.22. The Hall–Kier alpha value is -1.38. The zero-order valence-electron chi connectivity index (χ0n) is 9.55. The maximum absolute atomic E-state index is 13.9. The van der Waals surface area contributed by atoms with E-state index in [2.05, 4.69) is 6.92 Å². The molecule has 1 atom stereocenters. The standard InChI is InChI=1S/C13H15FO2/c1-3-8-6-9-4-5-11(16-2)13(14)12(9)10(15)7-8/h4-5,8H,3,6-7H2,1-2H3. The third kappa shape index (κ3) is 1.70. The van der Waals surface area contributed by atoms with Gasteiger partial charge in [0.1, 0.15) is 0 Å². The zero-order valence-corrected chi connectivity index (χ0v) is 9.55. The minimum atomic E-state index is -0.500. The molecule has 1 aliphatic carbocycles. The molecule has 2 rings (SSSR count). The number of benzene rings is 1. The first-order valence-corrected chi connectivity index (χ1v) is 5.56. The second-order valence-electron chi connectivity index (χ2n) is 4.22. The number of hydrogen-bond acceptors (Lipinski definition) is 2. The number of carbonyl (C=O) groups excluding carboxylic acids is 1. The molecular formula is C13H15FO2. The smallest absolute Gasteiger partial charge is 0.176 e. The molecule has 0 bridgehead atoms. The molecule has 0 aromatic heterocycles. The van der Waals surface area contributed by atoms with E-state index in [9.17, 15) is 9.18 Å². The van der Waals surface area contributed by atoms with Crippen molar-refractivity contribution in [2.24, 2.45) is 5.92 Å². The molecule has 0 heterocycles. The normalized spacial score (nSPS) is 19.4. The number of rotatable bonds is 2.